The molecule has 2 unspecified atom stereocenters. The largest absolute Gasteiger partial charge is 0.497 e. The molecule has 2 aromatic rings. The lowest BCUT2D eigenvalue weighted by Gasteiger charge is -2.35. The molecule has 0 saturated heterocycles. The molecule has 1 amide bonds. The maximum absolute atomic E-state index is 13.5. The summed E-state index contributed by atoms with van der Waals surface area (Å²) in [5, 5.41) is 2.98. The van der Waals surface area contributed by atoms with Gasteiger partial charge in [0.1, 0.15) is 11.5 Å². The lowest BCUT2D eigenvalue weighted by molar-refractivity contribution is -0.127. The molecule has 0 bridgehead atoms. The van der Waals surface area contributed by atoms with Crippen molar-refractivity contribution in [2.45, 2.75) is 57.5 Å². The first-order valence-corrected chi connectivity index (χ1v) is 13.0. The monoisotopic (exact) mass is 474 g/mol. The number of ether oxygens (including phenoxy) is 2. The molecule has 33 heavy (non-hydrogen) atoms. The lowest BCUT2D eigenvalue weighted by Crippen LogP contribution is -2.51. The maximum Gasteiger partial charge on any atom is 0.264 e. The number of benzene rings is 2. The van der Waals surface area contributed by atoms with Crippen LogP contribution >= 0.6 is 0 Å². The van der Waals surface area contributed by atoms with E-state index in [0.717, 1.165) is 31.2 Å². The molecule has 0 fully saturated rings. The van der Waals surface area contributed by atoms with Gasteiger partial charge in [-0.2, -0.15) is 0 Å². The number of fused-ring (bicyclic) bond motifs is 1. The van der Waals surface area contributed by atoms with Crippen molar-refractivity contribution in [3.8, 4) is 11.5 Å². The number of unbranched alkanes of at least 4 members (excludes halogenated alkanes) is 1. The van der Waals surface area contributed by atoms with Crippen LogP contribution in [0, 0.1) is 12.8 Å². The fraction of sp³-hybridized carbons (Fsp3) is 0.480. The minimum absolute atomic E-state index is 0.0952. The van der Waals surface area contributed by atoms with E-state index in [0.29, 0.717) is 29.6 Å². The quantitative estimate of drug-likeness (QED) is 0.555. The van der Waals surface area contributed by atoms with Gasteiger partial charge in [0, 0.05) is 6.54 Å². The third kappa shape index (κ3) is 5.79. The number of sulfonamides is 1. The van der Waals surface area contributed by atoms with Crippen LogP contribution in [0.3, 0.4) is 0 Å². The van der Waals surface area contributed by atoms with Gasteiger partial charge in [-0.25, -0.2) is 8.42 Å². The topological polar surface area (TPSA) is 84.9 Å². The number of rotatable bonds is 10. The van der Waals surface area contributed by atoms with Gasteiger partial charge in [0.2, 0.25) is 0 Å². The summed E-state index contributed by atoms with van der Waals surface area (Å²) in [6.07, 6.45) is 3.33. The minimum Gasteiger partial charge on any atom is -0.497 e. The van der Waals surface area contributed by atoms with Crippen molar-refractivity contribution in [3.63, 3.8) is 0 Å². The predicted octanol–water partition coefficient (Wildman–Crippen LogP) is 4.29. The van der Waals surface area contributed by atoms with Gasteiger partial charge in [0.25, 0.3) is 15.9 Å². The summed E-state index contributed by atoms with van der Waals surface area (Å²) in [5.41, 5.74) is 1.34. The highest BCUT2D eigenvalue weighted by atomic mass is 32.2. The van der Waals surface area contributed by atoms with Crippen LogP contribution in [0.2, 0.25) is 0 Å². The third-order valence-electron chi connectivity index (χ3n) is 6.03. The molecule has 2 atom stereocenters. The van der Waals surface area contributed by atoms with Gasteiger partial charge in [-0.15, -0.1) is 0 Å². The van der Waals surface area contributed by atoms with Crippen LogP contribution in [0.5, 0.6) is 11.5 Å². The molecule has 0 saturated carbocycles. The standard InChI is InChI=1S/C25H34N2O5S/c1-5-7-8-19(6-2)16-26-25(28)24-17-27(22-14-9-18(3)15-23(22)32-24)33(29,30)21-12-10-20(31-4)11-13-21/h9-15,19,24H,5-8,16-17H2,1-4H3,(H,26,28). The van der Waals surface area contributed by atoms with Gasteiger partial charge in [-0.3, -0.25) is 9.10 Å². The normalized spacial score (nSPS) is 16.5. The molecule has 2 aromatic carbocycles. The second-order valence-electron chi connectivity index (χ2n) is 8.45. The highest BCUT2D eigenvalue weighted by Crippen LogP contribution is 2.38. The van der Waals surface area contributed by atoms with E-state index >= 15 is 0 Å². The van der Waals surface area contributed by atoms with Gasteiger partial charge in [-0.05, 0) is 61.2 Å². The first-order chi connectivity index (χ1) is 15.8. The van der Waals surface area contributed by atoms with E-state index in [1.165, 1.54) is 23.5 Å². The number of hydrogen-bond donors (Lipinski definition) is 1. The summed E-state index contributed by atoms with van der Waals surface area (Å²) in [6, 6.07) is 11.5. The third-order valence-corrected chi connectivity index (χ3v) is 7.83. The lowest BCUT2D eigenvalue weighted by atomic mass is 9.99. The van der Waals surface area contributed by atoms with Gasteiger partial charge in [-0.1, -0.05) is 39.2 Å². The van der Waals surface area contributed by atoms with Crippen LogP contribution in [0.4, 0.5) is 5.69 Å². The molecule has 0 radical (unpaired) electrons. The number of carbonyl (C=O) groups is 1. The highest BCUT2D eigenvalue weighted by Gasteiger charge is 2.37. The SMILES string of the molecule is CCCCC(CC)CNC(=O)C1CN(S(=O)(=O)c2ccc(OC)cc2)c2ccc(C)cc2O1. The number of hydrogen-bond acceptors (Lipinski definition) is 5. The Balaban J connectivity index is 1.85. The van der Waals surface area contributed by atoms with E-state index in [1.807, 2.05) is 13.0 Å². The molecule has 1 N–H and O–H groups in total. The Kier molecular flexibility index (Phi) is 8.24. The van der Waals surface area contributed by atoms with Crippen molar-refractivity contribution in [1.29, 1.82) is 0 Å². The fourth-order valence-corrected chi connectivity index (χ4v) is 5.38. The van der Waals surface area contributed by atoms with Crippen molar-refractivity contribution in [2.24, 2.45) is 5.92 Å². The first-order valence-electron chi connectivity index (χ1n) is 11.5. The maximum atomic E-state index is 13.5. The fourth-order valence-electron chi connectivity index (χ4n) is 3.90. The smallest absolute Gasteiger partial charge is 0.264 e. The molecular weight excluding hydrogens is 440 g/mol. The Labute approximate surface area is 197 Å². The Bertz CT molecular complexity index is 1050. The van der Waals surface area contributed by atoms with E-state index in [4.69, 9.17) is 9.47 Å². The van der Waals surface area contributed by atoms with Crippen molar-refractivity contribution in [2.75, 3.05) is 24.5 Å². The van der Waals surface area contributed by atoms with Gasteiger partial charge < -0.3 is 14.8 Å². The number of nitrogens with zero attached hydrogens (tertiary/aromatic N) is 1. The zero-order chi connectivity index (χ0) is 24.0. The first kappa shape index (κ1) is 24.9. The Hall–Kier alpha value is -2.74. The van der Waals surface area contributed by atoms with Crippen molar-refractivity contribution >= 4 is 21.6 Å². The van der Waals surface area contributed by atoms with Crippen molar-refractivity contribution < 1.29 is 22.7 Å². The molecule has 8 heteroatoms. The van der Waals surface area contributed by atoms with Gasteiger partial charge >= 0.3 is 0 Å². The molecule has 7 nitrogen and oxygen atoms in total. The Morgan fingerprint density at radius 2 is 1.94 bits per heavy atom. The van der Waals surface area contributed by atoms with Crippen molar-refractivity contribution in [1.82, 2.24) is 5.32 Å². The molecule has 3 rings (SSSR count). The molecule has 180 valence electrons. The summed E-state index contributed by atoms with van der Waals surface area (Å²) >= 11 is 0. The van der Waals surface area contributed by atoms with Crippen molar-refractivity contribution in [3.05, 3.63) is 48.0 Å². The van der Waals surface area contributed by atoms with Gasteiger partial charge in [0.05, 0.1) is 24.2 Å². The van der Waals surface area contributed by atoms with Crippen LogP contribution in [0.1, 0.15) is 45.1 Å². The second kappa shape index (κ2) is 10.9. The predicted molar refractivity (Wildman–Crippen MR) is 129 cm³/mol. The van der Waals surface area contributed by atoms with Crippen LogP contribution in [0.25, 0.3) is 0 Å². The van der Waals surface area contributed by atoms with Crippen LogP contribution in [-0.2, 0) is 14.8 Å². The number of amides is 1. The van der Waals surface area contributed by atoms with E-state index in [9.17, 15) is 13.2 Å². The van der Waals surface area contributed by atoms with E-state index in [2.05, 4.69) is 19.2 Å². The number of aryl methyl sites for hydroxylation is 1. The van der Waals surface area contributed by atoms with Crippen LogP contribution < -0.4 is 19.1 Å². The number of carbonyl (C=O) groups excluding carboxylic acids is 1. The second-order valence-corrected chi connectivity index (χ2v) is 10.3. The highest BCUT2D eigenvalue weighted by molar-refractivity contribution is 7.92. The molecule has 0 spiro atoms. The van der Waals surface area contributed by atoms with Crippen LogP contribution in [0.15, 0.2) is 47.4 Å². The van der Waals surface area contributed by atoms with E-state index in [1.54, 1.807) is 24.3 Å². The molecule has 0 aromatic heterocycles. The zero-order valence-corrected chi connectivity index (χ0v) is 20.7. The summed E-state index contributed by atoms with van der Waals surface area (Å²) < 4.78 is 39.5. The van der Waals surface area contributed by atoms with Gasteiger partial charge in [0.15, 0.2) is 6.10 Å². The van der Waals surface area contributed by atoms with E-state index in [-0.39, 0.29) is 17.3 Å². The molecule has 0 aliphatic carbocycles. The van der Waals surface area contributed by atoms with E-state index < -0.39 is 16.1 Å². The zero-order valence-electron chi connectivity index (χ0n) is 19.8. The summed E-state index contributed by atoms with van der Waals surface area (Å²) in [4.78, 5) is 13.1. The summed E-state index contributed by atoms with van der Waals surface area (Å²) in [5.74, 6) is 1.05. The molecule has 1 heterocycles. The van der Waals surface area contributed by atoms with Crippen LogP contribution in [-0.4, -0.2) is 40.6 Å². The Morgan fingerprint density at radius 3 is 2.58 bits per heavy atom. The minimum atomic E-state index is -3.91. The summed E-state index contributed by atoms with van der Waals surface area (Å²) in [7, 11) is -2.38. The Morgan fingerprint density at radius 1 is 1.21 bits per heavy atom. The number of methoxy groups -OCH3 is 1. The molecule has 1 aliphatic rings. The summed E-state index contributed by atoms with van der Waals surface area (Å²) in [6.45, 7) is 6.63. The average molecular weight is 475 g/mol. The average Bonchev–Trinajstić information content (AvgIpc) is 2.83. The number of nitrogens with one attached hydrogen (secondary N) is 1. The molecule has 1 aliphatic heterocycles. The molecular formula is C25H34N2O5S. The number of anilines is 1.